The van der Waals surface area contributed by atoms with Gasteiger partial charge in [-0.05, 0) is 25.0 Å². The first kappa shape index (κ1) is 15.2. The number of thiophene rings is 1. The predicted octanol–water partition coefficient (Wildman–Crippen LogP) is 3.06. The maximum absolute atomic E-state index is 11.7. The van der Waals surface area contributed by atoms with Crippen molar-refractivity contribution in [3.63, 3.8) is 0 Å². The van der Waals surface area contributed by atoms with Crippen LogP contribution in [0.2, 0.25) is 4.34 Å². The summed E-state index contributed by atoms with van der Waals surface area (Å²) < 4.78 is 0.781. The molecule has 106 valence electrons. The highest BCUT2D eigenvalue weighted by Gasteiger charge is 2.31. The third-order valence-electron chi connectivity index (χ3n) is 3.26. The summed E-state index contributed by atoms with van der Waals surface area (Å²) in [6.07, 6.45) is 3.71. The maximum atomic E-state index is 11.7. The number of hydrogen-bond acceptors (Lipinski definition) is 4. The lowest BCUT2D eigenvalue weighted by Crippen LogP contribution is -2.41. The van der Waals surface area contributed by atoms with Gasteiger partial charge in [0.15, 0.2) is 0 Å². The fraction of sp³-hybridized carbons (Fsp3) is 0.615. The van der Waals surface area contributed by atoms with Gasteiger partial charge in [-0.2, -0.15) is 0 Å². The Balaban J connectivity index is 1.62. The first-order valence-electron chi connectivity index (χ1n) is 6.38. The van der Waals surface area contributed by atoms with Crippen LogP contribution in [0.25, 0.3) is 0 Å². The summed E-state index contributed by atoms with van der Waals surface area (Å²) in [7, 11) is 0. The minimum absolute atomic E-state index is 0.00650. The maximum Gasteiger partial charge on any atom is 0.230 e. The van der Waals surface area contributed by atoms with Gasteiger partial charge < -0.3 is 10.4 Å². The van der Waals surface area contributed by atoms with Crippen molar-refractivity contribution in [2.24, 2.45) is 0 Å². The first-order valence-corrected chi connectivity index (χ1v) is 8.73. The Morgan fingerprint density at radius 1 is 1.47 bits per heavy atom. The van der Waals surface area contributed by atoms with E-state index in [0.717, 1.165) is 35.8 Å². The molecule has 0 unspecified atom stereocenters. The molecule has 0 saturated heterocycles. The summed E-state index contributed by atoms with van der Waals surface area (Å²) in [5.41, 5.74) is -0.665. The van der Waals surface area contributed by atoms with Crippen LogP contribution in [0.4, 0.5) is 0 Å². The molecule has 1 aromatic rings. The normalized spacial score (nSPS) is 17.6. The highest BCUT2D eigenvalue weighted by atomic mass is 35.5. The van der Waals surface area contributed by atoms with Crippen LogP contribution in [0, 0.1) is 0 Å². The van der Waals surface area contributed by atoms with Gasteiger partial charge in [0.2, 0.25) is 5.91 Å². The van der Waals surface area contributed by atoms with E-state index in [2.05, 4.69) is 5.32 Å². The lowest BCUT2D eigenvalue weighted by Gasteiger charge is -2.22. The van der Waals surface area contributed by atoms with Gasteiger partial charge in [0, 0.05) is 17.2 Å². The van der Waals surface area contributed by atoms with Crippen molar-refractivity contribution in [2.75, 3.05) is 12.3 Å². The van der Waals surface area contributed by atoms with Crippen molar-refractivity contribution in [1.82, 2.24) is 5.32 Å². The molecule has 19 heavy (non-hydrogen) atoms. The third-order valence-corrected chi connectivity index (χ3v) is 5.65. The lowest BCUT2D eigenvalue weighted by atomic mass is 10.0. The molecular formula is C13H18ClNO2S2. The summed E-state index contributed by atoms with van der Waals surface area (Å²) in [4.78, 5) is 12.8. The predicted molar refractivity (Wildman–Crippen MR) is 81.9 cm³/mol. The van der Waals surface area contributed by atoms with Crippen LogP contribution in [0.1, 0.15) is 30.6 Å². The summed E-state index contributed by atoms with van der Waals surface area (Å²) >= 11 is 8.95. The molecule has 0 atom stereocenters. The fourth-order valence-corrected chi connectivity index (χ4v) is 4.25. The van der Waals surface area contributed by atoms with Gasteiger partial charge in [-0.15, -0.1) is 23.1 Å². The van der Waals surface area contributed by atoms with Crippen LogP contribution in [0.3, 0.4) is 0 Å². The Labute approximate surface area is 126 Å². The SMILES string of the molecule is O=C(CSCc1ccc(Cl)s1)NCC1(O)CCCC1. The van der Waals surface area contributed by atoms with E-state index in [0.29, 0.717) is 12.3 Å². The molecule has 6 heteroatoms. The lowest BCUT2D eigenvalue weighted by molar-refractivity contribution is -0.119. The van der Waals surface area contributed by atoms with Crippen molar-refractivity contribution in [1.29, 1.82) is 0 Å². The Morgan fingerprint density at radius 3 is 2.84 bits per heavy atom. The molecule has 1 aliphatic carbocycles. The molecule has 1 aliphatic rings. The summed E-state index contributed by atoms with van der Waals surface area (Å²) in [5, 5.41) is 12.9. The summed E-state index contributed by atoms with van der Waals surface area (Å²) in [5.74, 6) is 1.22. The molecule has 0 spiro atoms. The van der Waals surface area contributed by atoms with Crippen LogP contribution < -0.4 is 5.32 Å². The zero-order valence-corrected chi connectivity index (χ0v) is 13.0. The number of amides is 1. The van der Waals surface area contributed by atoms with Gasteiger partial charge in [0.25, 0.3) is 0 Å². The largest absolute Gasteiger partial charge is 0.388 e. The topological polar surface area (TPSA) is 49.3 Å². The number of halogens is 1. The summed E-state index contributed by atoms with van der Waals surface area (Å²) in [6.45, 7) is 0.386. The fourth-order valence-electron chi connectivity index (χ4n) is 2.20. The molecule has 1 saturated carbocycles. The standard InChI is InChI=1S/C13H18ClNO2S2/c14-11-4-3-10(19-11)7-18-8-12(16)15-9-13(17)5-1-2-6-13/h3-4,17H,1-2,5-9H2,(H,15,16). The monoisotopic (exact) mass is 319 g/mol. The van der Waals surface area contributed by atoms with Crippen LogP contribution in [0.15, 0.2) is 12.1 Å². The van der Waals surface area contributed by atoms with Gasteiger partial charge in [0.1, 0.15) is 0 Å². The zero-order chi connectivity index (χ0) is 13.7. The van der Waals surface area contributed by atoms with E-state index in [-0.39, 0.29) is 5.91 Å². The average molecular weight is 320 g/mol. The smallest absolute Gasteiger partial charge is 0.230 e. The number of carbonyl (C=O) groups is 1. The molecule has 2 rings (SSSR count). The summed E-state index contributed by atoms with van der Waals surface area (Å²) in [6, 6.07) is 3.86. The van der Waals surface area contributed by atoms with E-state index in [1.165, 1.54) is 4.88 Å². The van der Waals surface area contributed by atoms with Gasteiger partial charge in [-0.3, -0.25) is 4.79 Å². The van der Waals surface area contributed by atoms with E-state index in [9.17, 15) is 9.90 Å². The molecule has 2 N–H and O–H groups in total. The molecule has 1 heterocycles. The van der Waals surface area contributed by atoms with Crippen molar-refractivity contribution in [2.45, 2.75) is 37.0 Å². The quantitative estimate of drug-likeness (QED) is 0.847. The zero-order valence-electron chi connectivity index (χ0n) is 10.7. The Kier molecular flexibility index (Phi) is 5.57. The molecule has 0 aromatic carbocycles. The third kappa shape index (κ3) is 4.99. The van der Waals surface area contributed by atoms with E-state index in [4.69, 9.17) is 11.6 Å². The average Bonchev–Trinajstić information content (AvgIpc) is 2.97. The number of thioether (sulfide) groups is 1. The molecule has 0 radical (unpaired) electrons. The van der Waals surface area contributed by atoms with Gasteiger partial charge in [0.05, 0.1) is 15.7 Å². The second-order valence-corrected chi connectivity index (χ2v) is 7.69. The van der Waals surface area contributed by atoms with E-state index >= 15 is 0 Å². The first-order chi connectivity index (χ1) is 9.07. The molecule has 0 bridgehead atoms. The number of nitrogens with one attached hydrogen (secondary N) is 1. The number of hydrogen-bond donors (Lipinski definition) is 2. The Bertz CT molecular complexity index is 430. The van der Waals surface area contributed by atoms with Gasteiger partial charge in [-0.25, -0.2) is 0 Å². The molecule has 1 aromatic heterocycles. The van der Waals surface area contributed by atoms with Gasteiger partial charge >= 0.3 is 0 Å². The van der Waals surface area contributed by atoms with Crippen molar-refractivity contribution >= 4 is 40.6 Å². The highest BCUT2D eigenvalue weighted by molar-refractivity contribution is 7.99. The molecule has 0 aliphatic heterocycles. The number of rotatable bonds is 6. The van der Waals surface area contributed by atoms with Crippen molar-refractivity contribution in [3.8, 4) is 0 Å². The Hall–Kier alpha value is -0.230. The van der Waals surface area contributed by atoms with E-state index in [1.54, 1.807) is 23.1 Å². The second kappa shape index (κ2) is 6.97. The minimum atomic E-state index is -0.665. The van der Waals surface area contributed by atoms with Crippen LogP contribution in [-0.2, 0) is 10.5 Å². The van der Waals surface area contributed by atoms with Crippen LogP contribution >= 0.6 is 34.7 Å². The number of aliphatic hydroxyl groups is 1. The molecule has 1 fully saturated rings. The highest BCUT2D eigenvalue weighted by Crippen LogP contribution is 2.28. The Morgan fingerprint density at radius 2 is 2.21 bits per heavy atom. The number of carbonyl (C=O) groups excluding carboxylic acids is 1. The minimum Gasteiger partial charge on any atom is -0.388 e. The second-order valence-electron chi connectivity index (χ2n) is 4.91. The molecule has 3 nitrogen and oxygen atoms in total. The van der Waals surface area contributed by atoms with Crippen molar-refractivity contribution in [3.05, 3.63) is 21.3 Å². The molecule has 1 amide bonds. The van der Waals surface area contributed by atoms with E-state index < -0.39 is 5.60 Å². The van der Waals surface area contributed by atoms with Crippen molar-refractivity contribution < 1.29 is 9.90 Å². The van der Waals surface area contributed by atoms with E-state index in [1.807, 2.05) is 12.1 Å². The molecular weight excluding hydrogens is 302 g/mol. The van der Waals surface area contributed by atoms with Crippen LogP contribution in [-0.4, -0.2) is 28.9 Å². The van der Waals surface area contributed by atoms with Crippen LogP contribution in [0.5, 0.6) is 0 Å². The van der Waals surface area contributed by atoms with Gasteiger partial charge in [-0.1, -0.05) is 24.4 Å².